The van der Waals surface area contributed by atoms with Crippen LogP contribution >= 0.6 is 0 Å². The van der Waals surface area contributed by atoms with E-state index >= 15 is 0 Å². The first kappa shape index (κ1) is 23.7. The Morgan fingerprint density at radius 3 is 2.69 bits per heavy atom. The molecule has 1 aliphatic rings. The number of aryl methyl sites for hydroxylation is 2. The molecule has 186 valence electrons. The van der Waals surface area contributed by atoms with Crippen LogP contribution in [0.25, 0.3) is 11.3 Å². The van der Waals surface area contributed by atoms with Gasteiger partial charge < -0.3 is 10.6 Å². The van der Waals surface area contributed by atoms with Gasteiger partial charge in [0.05, 0.1) is 40.9 Å². The second-order valence-corrected chi connectivity index (χ2v) is 10.3. The molecular formula is C27H32N8O. The fraction of sp³-hybridized carbons (Fsp3) is 0.370. The third kappa shape index (κ3) is 5.15. The van der Waals surface area contributed by atoms with Crippen molar-refractivity contribution < 1.29 is 4.79 Å². The van der Waals surface area contributed by atoms with E-state index in [9.17, 15) is 4.79 Å². The van der Waals surface area contributed by atoms with E-state index in [2.05, 4.69) is 64.8 Å². The van der Waals surface area contributed by atoms with Crippen LogP contribution in [0.4, 0.5) is 11.6 Å². The van der Waals surface area contributed by atoms with Crippen molar-refractivity contribution in [3.8, 4) is 11.3 Å². The quantitative estimate of drug-likeness (QED) is 0.396. The van der Waals surface area contributed by atoms with Gasteiger partial charge in [-0.25, -0.2) is 9.97 Å². The summed E-state index contributed by atoms with van der Waals surface area (Å²) in [5, 5.41) is 15.0. The molecule has 0 aliphatic heterocycles. The van der Waals surface area contributed by atoms with Crippen molar-refractivity contribution in [2.45, 2.75) is 58.0 Å². The van der Waals surface area contributed by atoms with Crippen LogP contribution in [0.2, 0.25) is 0 Å². The molecule has 1 aliphatic carbocycles. The van der Waals surface area contributed by atoms with E-state index in [1.54, 1.807) is 23.3 Å². The van der Waals surface area contributed by atoms with Crippen LogP contribution in [0.15, 0.2) is 55.2 Å². The summed E-state index contributed by atoms with van der Waals surface area (Å²) in [5.41, 5.74) is 5.56. The zero-order valence-corrected chi connectivity index (χ0v) is 21.2. The predicted molar refractivity (Wildman–Crippen MR) is 139 cm³/mol. The smallest absolute Gasteiger partial charge is 0.254 e. The molecule has 5 rings (SSSR count). The number of carbonyl (C=O) groups is 1. The Morgan fingerprint density at radius 1 is 1.08 bits per heavy atom. The molecule has 36 heavy (non-hydrogen) atoms. The molecule has 2 N–H and O–H groups in total. The van der Waals surface area contributed by atoms with E-state index in [1.807, 2.05) is 30.2 Å². The lowest BCUT2D eigenvalue weighted by molar-refractivity contribution is 0.0934. The van der Waals surface area contributed by atoms with Crippen molar-refractivity contribution in [3.63, 3.8) is 0 Å². The maximum absolute atomic E-state index is 13.1. The largest absolute Gasteiger partial charge is 0.345 e. The number of aromatic nitrogens is 6. The number of nitrogens with one attached hydrogen (secondary N) is 2. The molecule has 0 fully saturated rings. The Labute approximate surface area is 211 Å². The van der Waals surface area contributed by atoms with Gasteiger partial charge >= 0.3 is 0 Å². The van der Waals surface area contributed by atoms with Gasteiger partial charge in [-0.15, -0.1) is 0 Å². The summed E-state index contributed by atoms with van der Waals surface area (Å²) in [6.07, 6.45) is 12.9. The molecule has 0 saturated heterocycles. The van der Waals surface area contributed by atoms with Crippen LogP contribution in [0, 0.1) is 0 Å². The highest BCUT2D eigenvalue weighted by molar-refractivity contribution is 5.94. The van der Waals surface area contributed by atoms with Crippen molar-refractivity contribution in [2.75, 3.05) is 5.32 Å². The molecule has 3 aromatic heterocycles. The van der Waals surface area contributed by atoms with Gasteiger partial charge in [-0.1, -0.05) is 18.6 Å². The number of nitrogens with zero attached hydrogens (tertiary/aromatic N) is 6. The van der Waals surface area contributed by atoms with Crippen molar-refractivity contribution in [2.24, 2.45) is 7.05 Å². The molecule has 1 unspecified atom stereocenters. The Bertz CT molecular complexity index is 1380. The first-order valence-electron chi connectivity index (χ1n) is 12.3. The van der Waals surface area contributed by atoms with Crippen LogP contribution in [-0.4, -0.2) is 35.4 Å². The molecular weight excluding hydrogens is 452 g/mol. The molecule has 0 saturated carbocycles. The molecule has 0 radical (unpaired) electrons. The lowest BCUT2D eigenvalue weighted by Crippen LogP contribution is -2.28. The highest BCUT2D eigenvalue weighted by Gasteiger charge is 2.23. The lowest BCUT2D eigenvalue weighted by atomic mass is 9.95. The molecule has 0 spiro atoms. The third-order valence-corrected chi connectivity index (χ3v) is 6.46. The monoisotopic (exact) mass is 484 g/mol. The van der Waals surface area contributed by atoms with Gasteiger partial charge in [0.1, 0.15) is 0 Å². The zero-order chi connectivity index (χ0) is 25.3. The average Bonchev–Trinajstić information content (AvgIpc) is 3.46. The summed E-state index contributed by atoms with van der Waals surface area (Å²) in [6.45, 7) is 6.20. The number of anilines is 2. The van der Waals surface area contributed by atoms with Crippen molar-refractivity contribution in [3.05, 3.63) is 71.9 Å². The number of hydrogen-bond donors (Lipinski definition) is 2. The van der Waals surface area contributed by atoms with Gasteiger partial charge in [-0.2, -0.15) is 10.2 Å². The molecule has 3 heterocycles. The summed E-state index contributed by atoms with van der Waals surface area (Å²) in [4.78, 5) is 22.1. The van der Waals surface area contributed by atoms with Crippen molar-refractivity contribution in [1.29, 1.82) is 0 Å². The van der Waals surface area contributed by atoms with Gasteiger partial charge in [0.2, 0.25) is 5.95 Å². The normalized spacial score (nSPS) is 15.7. The first-order valence-corrected chi connectivity index (χ1v) is 12.3. The number of benzene rings is 1. The molecule has 1 amide bonds. The fourth-order valence-corrected chi connectivity index (χ4v) is 4.53. The van der Waals surface area contributed by atoms with E-state index in [0.717, 1.165) is 42.6 Å². The number of rotatable bonds is 5. The standard InChI is InChI=1S/C27H32N8O/c1-27(2,3)35-16-20(14-30-35)25(36)32-24-8-6-5-7-18-13-19(9-10-22(18)24)23-11-12-28-26(33-23)31-21-15-29-34(4)17-21/h9-17,24H,5-8H2,1-4H3,(H,32,36)(H,28,31,33). The van der Waals surface area contributed by atoms with Crippen molar-refractivity contribution >= 4 is 17.5 Å². The average molecular weight is 485 g/mol. The Balaban J connectivity index is 1.36. The Hall–Kier alpha value is -4.01. The highest BCUT2D eigenvalue weighted by atomic mass is 16.1. The summed E-state index contributed by atoms with van der Waals surface area (Å²) < 4.78 is 3.55. The fourth-order valence-electron chi connectivity index (χ4n) is 4.53. The third-order valence-electron chi connectivity index (χ3n) is 6.46. The van der Waals surface area contributed by atoms with E-state index in [-0.39, 0.29) is 17.5 Å². The highest BCUT2D eigenvalue weighted by Crippen LogP contribution is 2.32. The predicted octanol–water partition coefficient (Wildman–Crippen LogP) is 4.77. The number of hydrogen-bond acceptors (Lipinski definition) is 6. The van der Waals surface area contributed by atoms with Crippen molar-refractivity contribution in [1.82, 2.24) is 34.8 Å². The molecule has 9 nitrogen and oxygen atoms in total. The minimum Gasteiger partial charge on any atom is -0.345 e. The summed E-state index contributed by atoms with van der Waals surface area (Å²) in [5.74, 6) is 0.436. The maximum atomic E-state index is 13.1. The van der Waals surface area contributed by atoms with E-state index in [1.165, 1.54) is 11.1 Å². The Morgan fingerprint density at radius 2 is 1.94 bits per heavy atom. The number of carbonyl (C=O) groups excluding carboxylic acids is 1. The van der Waals surface area contributed by atoms with Crippen LogP contribution in [0.5, 0.6) is 0 Å². The molecule has 1 atom stereocenters. The van der Waals surface area contributed by atoms with E-state index in [0.29, 0.717) is 11.5 Å². The van der Waals surface area contributed by atoms with E-state index < -0.39 is 0 Å². The lowest BCUT2D eigenvalue weighted by Gasteiger charge is -2.20. The van der Waals surface area contributed by atoms with Crippen LogP contribution in [-0.2, 0) is 19.0 Å². The minimum absolute atomic E-state index is 0.0322. The number of amides is 1. The summed E-state index contributed by atoms with van der Waals surface area (Å²) >= 11 is 0. The molecule has 9 heteroatoms. The van der Waals surface area contributed by atoms with Gasteiger partial charge in [0.25, 0.3) is 5.91 Å². The first-order chi connectivity index (χ1) is 17.3. The van der Waals surface area contributed by atoms with Crippen LogP contribution in [0.1, 0.15) is 67.6 Å². The van der Waals surface area contributed by atoms with Crippen LogP contribution in [0.3, 0.4) is 0 Å². The van der Waals surface area contributed by atoms with Gasteiger partial charge in [-0.05, 0) is 63.3 Å². The SMILES string of the molecule is Cn1cc(Nc2nccc(-c3ccc4c(c3)CCCCC4NC(=O)c3cnn(C(C)(C)C)c3)n2)cn1. The minimum atomic E-state index is -0.168. The molecule has 4 aromatic rings. The molecule has 1 aromatic carbocycles. The zero-order valence-electron chi connectivity index (χ0n) is 21.2. The van der Waals surface area contributed by atoms with Gasteiger partial charge in [-0.3, -0.25) is 14.2 Å². The second kappa shape index (κ2) is 9.56. The summed E-state index contributed by atoms with van der Waals surface area (Å²) in [7, 11) is 1.87. The Kier molecular flexibility index (Phi) is 6.30. The topological polar surface area (TPSA) is 103 Å². The number of fused-ring (bicyclic) bond motifs is 1. The van der Waals surface area contributed by atoms with Gasteiger partial charge in [0.15, 0.2) is 0 Å². The maximum Gasteiger partial charge on any atom is 0.254 e. The van der Waals surface area contributed by atoms with E-state index in [4.69, 9.17) is 4.98 Å². The summed E-state index contributed by atoms with van der Waals surface area (Å²) in [6, 6.07) is 8.30. The van der Waals surface area contributed by atoms with Gasteiger partial charge in [0, 0.05) is 31.2 Å². The molecule has 0 bridgehead atoms. The second-order valence-electron chi connectivity index (χ2n) is 10.3. The van der Waals surface area contributed by atoms with Crippen LogP contribution < -0.4 is 10.6 Å².